The van der Waals surface area contributed by atoms with E-state index in [2.05, 4.69) is 18.1 Å². The van der Waals surface area contributed by atoms with Gasteiger partial charge in [0.15, 0.2) is 0 Å². The van der Waals surface area contributed by atoms with Crippen LogP contribution in [0.1, 0.15) is 30.4 Å². The number of aromatic nitrogens is 2. The molecular formula is C16H20N2O2. The molecule has 1 rings (SSSR count). The maximum Gasteiger partial charge on any atom is 0.356 e. The molecule has 1 aromatic heterocycles. The summed E-state index contributed by atoms with van der Waals surface area (Å²) in [6.45, 7) is 11.5. The molecule has 106 valence electrons. The van der Waals surface area contributed by atoms with Crippen molar-refractivity contribution >= 4 is 5.97 Å². The molecule has 4 heteroatoms. The highest BCUT2D eigenvalue weighted by Gasteiger charge is 2.18. The van der Waals surface area contributed by atoms with E-state index in [4.69, 9.17) is 4.74 Å². The smallest absolute Gasteiger partial charge is 0.356 e. The summed E-state index contributed by atoms with van der Waals surface area (Å²) in [6, 6.07) is -0.0638. The van der Waals surface area contributed by atoms with Gasteiger partial charge in [-0.3, -0.25) is 0 Å². The normalized spacial score (nSPS) is 13.2. The van der Waals surface area contributed by atoms with Crippen LogP contribution in [0.2, 0.25) is 0 Å². The summed E-state index contributed by atoms with van der Waals surface area (Å²) in [4.78, 5) is 15.9. The quantitative estimate of drug-likeness (QED) is 0.564. The molecule has 0 aromatic carbocycles. The maximum atomic E-state index is 11.9. The number of nitrogens with zero attached hydrogens (tertiary/aromatic N) is 2. The standard InChI is InChI=1S/C16H20N2O2/c1-5-8-10-14(9-6-2)13(4)18-12-17-11-15(18)16(19)20-7-3/h5-6,8-13H,1-2,7H2,3-4H3/b10-8-,14-9+/t13-/m1/s1. The Morgan fingerprint density at radius 1 is 1.50 bits per heavy atom. The molecule has 0 aliphatic rings. The van der Waals surface area contributed by atoms with Gasteiger partial charge >= 0.3 is 5.97 Å². The van der Waals surface area contributed by atoms with Gasteiger partial charge in [0, 0.05) is 0 Å². The van der Waals surface area contributed by atoms with E-state index in [0.29, 0.717) is 12.3 Å². The second-order valence-corrected chi connectivity index (χ2v) is 4.08. The number of rotatable bonds is 7. The summed E-state index contributed by atoms with van der Waals surface area (Å²) < 4.78 is 6.80. The Hall–Kier alpha value is -2.36. The minimum absolute atomic E-state index is 0.0638. The summed E-state index contributed by atoms with van der Waals surface area (Å²) in [6.07, 6.45) is 12.2. The summed E-state index contributed by atoms with van der Waals surface area (Å²) in [5.74, 6) is -0.373. The molecule has 0 saturated heterocycles. The van der Waals surface area contributed by atoms with E-state index in [1.165, 1.54) is 6.20 Å². The number of ether oxygens (including phenoxy) is 1. The van der Waals surface area contributed by atoms with Crippen molar-refractivity contribution in [3.05, 3.63) is 67.3 Å². The van der Waals surface area contributed by atoms with E-state index in [1.54, 1.807) is 30.0 Å². The van der Waals surface area contributed by atoms with Gasteiger partial charge in [-0.15, -0.1) is 0 Å². The topological polar surface area (TPSA) is 44.1 Å². The third-order valence-corrected chi connectivity index (χ3v) is 2.79. The molecule has 0 amide bonds. The van der Waals surface area contributed by atoms with Gasteiger partial charge in [0.05, 0.1) is 25.2 Å². The van der Waals surface area contributed by atoms with Crippen LogP contribution in [0, 0.1) is 0 Å². The van der Waals surface area contributed by atoms with Crippen LogP contribution < -0.4 is 0 Å². The van der Waals surface area contributed by atoms with E-state index in [9.17, 15) is 4.79 Å². The molecule has 1 aromatic rings. The molecule has 0 N–H and O–H groups in total. The largest absolute Gasteiger partial charge is 0.461 e. The van der Waals surface area contributed by atoms with Crippen LogP contribution >= 0.6 is 0 Å². The molecule has 0 spiro atoms. The van der Waals surface area contributed by atoms with Gasteiger partial charge in [0.25, 0.3) is 0 Å². The molecular weight excluding hydrogens is 252 g/mol. The van der Waals surface area contributed by atoms with Gasteiger partial charge in [-0.2, -0.15) is 0 Å². The van der Waals surface area contributed by atoms with Gasteiger partial charge in [0.1, 0.15) is 5.69 Å². The third kappa shape index (κ3) is 3.82. The Balaban J connectivity index is 3.10. The van der Waals surface area contributed by atoms with Crippen molar-refractivity contribution in [2.24, 2.45) is 0 Å². The molecule has 0 unspecified atom stereocenters. The van der Waals surface area contributed by atoms with Crippen molar-refractivity contribution in [2.75, 3.05) is 6.61 Å². The minimum atomic E-state index is -0.373. The molecule has 0 saturated carbocycles. The van der Waals surface area contributed by atoms with Crippen LogP contribution in [0.4, 0.5) is 0 Å². The second-order valence-electron chi connectivity index (χ2n) is 4.08. The third-order valence-electron chi connectivity index (χ3n) is 2.79. The van der Waals surface area contributed by atoms with Gasteiger partial charge in [-0.05, 0) is 19.4 Å². The average Bonchev–Trinajstić information content (AvgIpc) is 2.92. The zero-order valence-electron chi connectivity index (χ0n) is 12.0. The highest BCUT2D eigenvalue weighted by Crippen LogP contribution is 2.21. The predicted octanol–water partition coefficient (Wildman–Crippen LogP) is 3.48. The lowest BCUT2D eigenvalue weighted by Gasteiger charge is -2.17. The highest BCUT2D eigenvalue weighted by atomic mass is 16.5. The van der Waals surface area contributed by atoms with Crippen LogP contribution in [-0.2, 0) is 4.74 Å². The number of carbonyl (C=O) groups excluding carboxylic acids is 1. The first-order valence-electron chi connectivity index (χ1n) is 6.46. The molecule has 0 bridgehead atoms. The minimum Gasteiger partial charge on any atom is -0.461 e. The van der Waals surface area contributed by atoms with Crippen molar-refractivity contribution in [1.29, 1.82) is 0 Å². The Bertz CT molecular complexity index is 538. The summed E-state index contributed by atoms with van der Waals surface area (Å²) in [5.41, 5.74) is 1.42. The lowest BCUT2D eigenvalue weighted by molar-refractivity contribution is 0.0512. The Morgan fingerprint density at radius 3 is 2.85 bits per heavy atom. The number of hydrogen-bond donors (Lipinski definition) is 0. The van der Waals surface area contributed by atoms with Gasteiger partial charge in [-0.1, -0.05) is 43.5 Å². The van der Waals surface area contributed by atoms with Crippen LogP contribution in [0.3, 0.4) is 0 Å². The molecule has 20 heavy (non-hydrogen) atoms. The molecule has 1 heterocycles. The van der Waals surface area contributed by atoms with Gasteiger partial charge in [0.2, 0.25) is 0 Å². The Labute approximate surface area is 119 Å². The molecule has 0 aliphatic carbocycles. The van der Waals surface area contributed by atoms with Crippen LogP contribution in [0.5, 0.6) is 0 Å². The van der Waals surface area contributed by atoms with Crippen LogP contribution in [0.25, 0.3) is 0 Å². The lowest BCUT2D eigenvalue weighted by Crippen LogP contribution is -2.15. The molecule has 0 radical (unpaired) electrons. The number of allylic oxidation sites excluding steroid dienone is 6. The SMILES string of the molecule is C=C/C=C\C(=C/C=C)[C@@H](C)n1cncc1C(=O)OCC. The van der Waals surface area contributed by atoms with Crippen molar-refractivity contribution < 1.29 is 9.53 Å². The average molecular weight is 272 g/mol. The lowest BCUT2D eigenvalue weighted by atomic mass is 10.1. The van der Waals surface area contributed by atoms with E-state index < -0.39 is 0 Å². The molecule has 0 aliphatic heterocycles. The Kier molecular flexibility index (Phi) is 6.23. The first kappa shape index (κ1) is 15.7. The van der Waals surface area contributed by atoms with Gasteiger partial charge < -0.3 is 9.30 Å². The van der Waals surface area contributed by atoms with Gasteiger partial charge in [-0.25, -0.2) is 9.78 Å². The highest BCUT2D eigenvalue weighted by molar-refractivity contribution is 5.87. The fourth-order valence-corrected chi connectivity index (χ4v) is 1.79. The summed E-state index contributed by atoms with van der Waals surface area (Å²) in [7, 11) is 0. The zero-order chi connectivity index (χ0) is 15.0. The van der Waals surface area contributed by atoms with E-state index in [0.717, 1.165) is 5.57 Å². The molecule has 1 atom stereocenters. The molecule has 0 fully saturated rings. The predicted molar refractivity (Wildman–Crippen MR) is 80.5 cm³/mol. The first-order chi connectivity index (χ1) is 9.65. The number of carbonyl (C=O) groups is 1. The van der Waals surface area contributed by atoms with E-state index >= 15 is 0 Å². The van der Waals surface area contributed by atoms with E-state index in [1.807, 2.05) is 25.2 Å². The van der Waals surface area contributed by atoms with Crippen molar-refractivity contribution in [1.82, 2.24) is 9.55 Å². The number of esters is 1. The van der Waals surface area contributed by atoms with Crippen molar-refractivity contribution in [2.45, 2.75) is 19.9 Å². The second kappa shape index (κ2) is 7.94. The fraction of sp³-hybridized carbons (Fsp3) is 0.250. The Morgan fingerprint density at radius 2 is 2.25 bits per heavy atom. The summed E-state index contributed by atoms with van der Waals surface area (Å²) in [5, 5.41) is 0. The van der Waals surface area contributed by atoms with E-state index in [-0.39, 0.29) is 12.0 Å². The maximum absolute atomic E-state index is 11.9. The molecule has 4 nitrogen and oxygen atoms in total. The monoisotopic (exact) mass is 272 g/mol. The number of imidazole rings is 1. The first-order valence-corrected chi connectivity index (χ1v) is 6.46. The van der Waals surface area contributed by atoms with Crippen molar-refractivity contribution in [3.8, 4) is 0 Å². The summed E-state index contributed by atoms with van der Waals surface area (Å²) >= 11 is 0. The van der Waals surface area contributed by atoms with Crippen LogP contribution in [0.15, 0.2) is 61.6 Å². The number of hydrogen-bond acceptors (Lipinski definition) is 3. The van der Waals surface area contributed by atoms with Crippen LogP contribution in [-0.4, -0.2) is 22.1 Å². The fourth-order valence-electron chi connectivity index (χ4n) is 1.79. The van der Waals surface area contributed by atoms with Crippen molar-refractivity contribution in [3.63, 3.8) is 0 Å². The zero-order valence-corrected chi connectivity index (χ0v) is 12.0.